The number of hydrogen-bond donors (Lipinski definition) is 1. The normalized spacial score (nSPS) is 12.1. The molecule has 18 heavy (non-hydrogen) atoms. The van der Waals surface area contributed by atoms with E-state index in [9.17, 15) is 4.79 Å². The van der Waals surface area contributed by atoms with Gasteiger partial charge in [-0.15, -0.1) is 0 Å². The van der Waals surface area contributed by atoms with Crippen LogP contribution in [0.5, 0.6) is 5.75 Å². The number of alkyl halides is 1. The van der Waals surface area contributed by atoms with E-state index in [0.717, 1.165) is 0 Å². The van der Waals surface area contributed by atoms with E-state index in [4.69, 9.17) is 26.0 Å². The van der Waals surface area contributed by atoms with Crippen LogP contribution < -0.4 is 4.74 Å². The summed E-state index contributed by atoms with van der Waals surface area (Å²) in [5.41, 5.74) is -0.211. The minimum Gasteiger partial charge on any atom is -0.478 e. The minimum absolute atomic E-state index is 0.0411. The Morgan fingerprint density at radius 1 is 1.50 bits per heavy atom. The average molecular weight is 268 g/mol. The lowest BCUT2D eigenvalue weighted by Gasteiger charge is -2.11. The average Bonchev–Trinajstić information content (AvgIpc) is 2.76. The molecule has 0 amide bonds. The van der Waals surface area contributed by atoms with Crippen molar-refractivity contribution in [3.63, 3.8) is 0 Å². The predicted octanol–water partition coefficient (Wildman–Crippen LogP) is 3.00. The number of ether oxygens (including phenoxy) is 1. The number of carbonyl (C=O) groups is 1. The second-order valence-electron chi connectivity index (χ2n) is 3.61. The van der Waals surface area contributed by atoms with Gasteiger partial charge in [-0.25, -0.2) is 4.79 Å². The number of halogens is 1. The molecule has 0 aliphatic carbocycles. The van der Waals surface area contributed by atoms with Gasteiger partial charge in [0.05, 0.1) is 5.69 Å². The number of aromatic nitrogens is 1. The summed E-state index contributed by atoms with van der Waals surface area (Å²) >= 11 is 5.98. The topological polar surface area (TPSA) is 72.6 Å². The third-order valence-electron chi connectivity index (χ3n) is 2.22. The van der Waals surface area contributed by atoms with Gasteiger partial charge in [-0.3, -0.25) is 0 Å². The van der Waals surface area contributed by atoms with Crippen LogP contribution in [-0.4, -0.2) is 16.2 Å². The summed E-state index contributed by atoms with van der Waals surface area (Å²) in [7, 11) is 0. The van der Waals surface area contributed by atoms with E-state index in [2.05, 4.69) is 5.16 Å². The number of nitrogens with zero attached hydrogens (tertiary/aromatic N) is 1. The van der Waals surface area contributed by atoms with Crippen molar-refractivity contribution in [3.8, 4) is 5.75 Å². The van der Waals surface area contributed by atoms with Gasteiger partial charge in [0.2, 0.25) is 5.56 Å². The van der Waals surface area contributed by atoms with E-state index in [1.165, 1.54) is 12.1 Å². The summed E-state index contributed by atoms with van der Waals surface area (Å²) in [4.78, 5) is 11.0. The zero-order valence-corrected chi connectivity index (χ0v) is 10.2. The van der Waals surface area contributed by atoms with Crippen LogP contribution in [0, 0.1) is 6.92 Å². The Labute approximate surface area is 108 Å². The summed E-state index contributed by atoms with van der Waals surface area (Å²) in [6.45, 7) is 1.75. The Morgan fingerprint density at radius 2 is 2.22 bits per heavy atom. The largest absolute Gasteiger partial charge is 0.478 e. The van der Waals surface area contributed by atoms with Gasteiger partial charge in [-0.1, -0.05) is 28.9 Å². The number of rotatable bonds is 4. The van der Waals surface area contributed by atoms with Crippen molar-refractivity contribution in [2.75, 3.05) is 0 Å². The van der Waals surface area contributed by atoms with Crippen LogP contribution in [0.25, 0.3) is 0 Å². The Balaban J connectivity index is 2.21. The lowest BCUT2D eigenvalue weighted by Crippen LogP contribution is -2.05. The molecule has 0 fully saturated rings. The first-order valence-electron chi connectivity index (χ1n) is 5.14. The molecular weight excluding hydrogens is 258 g/mol. The minimum atomic E-state index is -1.08. The Kier molecular flexibility index (Phi) is 3.53. The molecule has 0 spiro atoms. The molecule has 1 heterocycles. The fraction of sp³-hybridized carbons (Fsp3) is 0.167. The Bertz CT molecular complexity index is 567. The van der Waals surface area contributed by atoms with Crippen LogP contribution in [0.2, 0.25) is 0 Å². The number of aryl methyl sites for hydroxylation is 1. The number of para-hydroxylation sites is 1. The van der Waals surface area contributed by atoms with Crippen molar-refractivity contribution < 1.29 is 19.2 Å². The molecule has 1 atom stereocenters. The van der Waals surface area contributed by atoms with Crippen LogP contribution in [0.3, 0.4) is 0 Å². The maximum atomic E-state index is 11.0. The van der Waals surface area contributed by atoms with Crippen molar-refractivity contribution in [2.45, 2.75) is 12.5 Å². The van der Waals surface area contributed by atoms with Crippen LogP contribution in [0.1, 0.15) is 27.4 Å². The molecule has 1 aromatic carbocycles. The van der Waals surface area contributed by atoms with Gasteiger partial charge in [0.25, 0.3) is 0 Å². The zero-order chi connectivity index (χ0) is 13.1. The van der Waals surface area contributed by atoms with E-state index in [1.54, 1.807) is 25.1 Å². The van der Waals surface area contributed by atoms with Crippen LogP contribution in [0.15, 0.2) is 34.9 Å². The molecule has 0 saturated heterocycles. The Morgan fingerprint density at radius 3 is 2.83 bits per heavy atom. The fourth-order valence-electron chi connectivity index (χ4n) is 1.41. The molecule has 1 aromatic heterocycles. The van der Waals surface area contributed by atoms with Crippen LogP contribution in [-0.2, 0) is 0 Å². The maximum absolute atomic E-state index is 11.0. The number of aromatic carboxylic acids is 1. The van der Waals surface area contributed by atoms with E-state index >= 15 is 0 Å². The van der Waals surface area contributed by atoms with Crippen molar-refractivity contribution in [2.24, 2.45) is 0 Å². The quantitative estimate of drug-likeness (QED) is 0.862. The monoisotopic (exact) mass is 267 g/mol. The second-order valence-corrected chi connectivity index (χ2v) is 4.00. The third-order valence-corrected chi connectivity index (χ3v) is 2.52. The van der Waals surface area contributed by atoms with Crippen molar-refractivity contribution in [3.05, 3.63) is 47.3 Å². The first-order chi connectivity index (χ1) is 8.58. The molecule has 0 aliphatic heterocycles. The highest BCUT2D eigenvalue weighted by Gasteiger charge is 2.18. The highest BCUT2D eigenvalue weighted by atomic mass is 35.5. The van der Waals surface area contributed by atoms with E-state index in [0.29, 0.717) is 11.5 Å². The molecule has 1 N–H and O–H groups in total. The number of carboxylic acid groups (broad SMARTS) is 1. The van der Waals surface area contributed by atoms with Gasteiger partial charge in [-0.2, -0.15) is 0 Å². The number of benzene rings is 1. The molecule has 2 aromatic rings. The fourth-order valence-corrected chi connectivity index (χ4v) is 1.60. The summed E-state index contributed by atoms with van der Waals surface area (Å²) in [5, 5.41) is 12.7. The summed E-state index contributed by atoms with van der Waals surface area (Å²) in [6.07, 6.45) is 0. The molecular formula is C12H10ClNO4. The lowest BCUT2D eigenvalue weighted by molar-refractivity contribution is 0.0690. The standard InChI is InChI=1S/C12H10ClNO4/c1-7-6-10(18-14-7)11(13)17-9-5-3-2-4-8(9)12(15)16/h2-6,11H,1H3,(H,15,16). The van der Waals surface area contributed by atoms with Crippen molar-refractivity contribution in [1.82, 2.24) is 5.16 Å². The highest BCUT2D eigenvalue weighted by molar-refractivity contribution is 6.19. The van der Waals surface area contributed by atoms with Crippen molar-refractivity contribution in [1.29, 1.82) is 0 Å². The highest BCUT2D eigenvalue weighted by Crippen LogP contribution is 2.28. The lowest BCUT2D eigenvalue weighted by atomic mass is 10.2. The van der Waals surface area contributed by atoms with Gasteiger partial charge in [0, 0.05) is 6.07 Å². The first-order valence-corrected chi connectivity index (χ1v) is 5.58. The molecule has 5 nitrogen and oxygen atoms in total. The molecule has 0 saturated carbocycles. The number of hydrogen-bond acceptors (Lipinski definition) is 4. The summed E-state index contributed by atoms with van der Waals surface area (Å²) < 4.78 is 10.3. The Hall–Kier alpha value is -2.01. The van der Waals surface area contributed by atoms with E-state index in [-0.39, 0.29) is 11.3 Å². The van der Waals surface area contributed by atoms with Gasteiger partial charge in [0.1, 0.15) is 11.3 Å². The van der Waals surface area contributed by atoms with E-state index < -0.39 is 11.5 Å². The molecule has 1 unspecified atom stereocenters. The molecule has 6 heteroatoms. The van der Waals surface area contributed by atoms with Crippen LogP contribution >= 0.6 is 11.6 Å². The van der Waals surface area contributed by atoms with Gasteiger partial charge >= 0.3 is 5.97 Å². The van der Waals surface area contributed by atoms with Gasteiger partial charge in [-0.05, 0) is 19.1 Å². The molecule has 0 bridgehead atoms. The zero-order valence-electron chi connectivity index (χ0n) is 9.46. The third kappa shape index (κ3) is 2.62. The molecule has 94 valence electrons. The van der Waals surface area contributed by atoms with Crippen LogP contribution in [0.4, 0.5) is 0 Å². The first kappa shape index (κ1) is 12.4. The van der Waals surface area contributed by atoms with Gasteiger partial charge in [0.15, 0.2) is 5.76 Å². The molecule has 0 aliphatic rings. The number of carboxylic acids is 1. The molecule has 0 radical (unpaired) electrons. The smallest absolute Gasteiger partial charge is 0.339 e. The van der Waals surface area contributed by atoms with Crippen molar-refractivity contribution >= 4 is 17.6 Å². The maximum Gasteiger partial charge on any atom is 0.339 e. The molecule has 2 rings (SSSR count). The second kappa shape index (κ2) is 5.10. The van der Waals surface area contributed by atoms with Gasteiger partial charge < -0.3 is 14.4 Å². The summed E-state index contributed by atoms with van der Waals surface area (Å²) in [6, 6.07) is 7.87. The predicted molar refractivity (Wildman–Crippen MR) is 63.9 cm³/mol. The SMILES string of the molecule is Cc1cc(C(Cl)Oc2ccccc2C(=O)O)on1. The summed E-state index contributed by atoms with van der Waals surface area (Å²) in [5.74, 6) is -0.573. The van der Waals surface area contributed by atoms with E-state index in [1.807, 2.05) is 0 Å².